The summed E-state index contributed by atoms with van der Waals surface area (Å²) in [5, 5.41) is 9.25. The molecular formula is C8H16O2. The summed E-state index contributed by atoms with van der Waals surface area (Å²) in [7, 11) is 0. The molecule has 0 saturated carbocycles. The van der Waals surface area contributed by atoms with Crippen LogP contribution >= 0.6 is 0 Å². The third-order valence-corrected chi connectivity index (χ3v) is 2.58. The Morgan fingerprint density at radius 1 is 1.30 bits per heavy atom. The van der Waals surface area contributed by atoms with Crippen LogP contribution in [-0.2, 0) is 4.74 Å². The molecule has 2 heteroatoms. The minimum atomic E-state index is -0.528. The highest BCUT2D eigenvalue weighted by atomic mass is 16.6. The SMILES string of the molecule is CC[C@H]1OC(O)C(C)C1C. The van der Waals surface area contributed by atoms with Gasteiger partial charge in [-0.2, -0.15) is 0 Å². The second kappa shape index (κ2) is 2.89. The third-order valence-electron chi connectivity index (χ3n) is 2.58. The van der Waals surface area contributed by atoms with Crippen LogP contribution in [0.15, 0.2) is 0 Å². The zero-order valence-electron chi connectivity index (χ0n) is 6.87. The van der Waals surface area contributed by atoms with Crippen LogP contribution in [0.1, 0.15) is 27.2 Å². The molecule has 1 fully saturated rings. The smallest absolute Gasteiger partial charge is 0.157 e. The lowest BCUT2D eigenvalue weighted by molar-refractivity contribution is -0.106. The van der Waals surface area contributed by atoms with Crippen LogP contribution in [0.4, 0.5) is 0 Å². The Bertz CT molecular complexity index is 114. The highest BCUT2D eigenvalue weighted by Crippen LogP contribution is 2.31. The molecule has 1 rings (SSSR count). The number of ether oxygens (including phenoxy) is 1. The molecule has 10 heavy (non-hydrogen) atoms. The Balaban J connectivity index is 2.53. The van der Waals surface area contributed by atoms with Gasteiger partial charge in [0.25, 0.3) is 0 Å². The second-order valence-electron chi connectivity index (χ2n) is 3.19. The van der Waals surface area contributed by atoms with Crippen LogP contribution in [0.25, 0.3) is 0 Å². The molecule has 1 saturated heterocycles. The lowest BCUT2D eigenvalue weighted by Gasteiger charge is -2.12. The summed E-state index contributed by atoms with van der Waals surface area (Å²) in [5.41, 5.74) is 0. The Labute approximate surface area is 62.2 Å². The average Bonchev–Trinajstić information content (AvgIpc) is 2.17. The van der Waals surface area contributed by atoms with Gasteiger partial charge in [-0.1, -0.05) is 20.8 Å². The normalized spacial score (nSPS) is 48.0. The van der Waals surface area contributed by atoms with E-state index in [1.54, 1.807) is 0 Å². The van der Waals surface area contributed by atoms with Crippen molar-refractivity contribution in [2.24, 2.45) is 11.8 Å². The topological polar surface area (TPSA) is 29.5 Å². The van der Waals surface area contributed by atoms with E-state index in [1.807, 2.05) is 6.92 Å². The monoisotopic (exact) mass is 144 g/mol. The number of aliphatic hydroxyl groups is 1. The minimum absolute atomic E-state index is 0.269. The summed E-state index contributed by atoms with van der Waals surface area (Å²) < 4.78 is 5.29. The van der Waals surface area contributed by atoms with Crippen LogP contribution in [0, 0.1) is 11.8 Å². The predicted molar refractivity (Wildman–Crippen MR) is 39.5 cm³/mol. The molecule has 0 spiro atoms. The van der Waals surface area contributed by atoms with E-state index in [9.17, 15) is 5.11 Å². The van der Waals surface area contributed by atoms with Gasteiger partial charge in [-0.25, -0.2) is 0 Å². The van der Waals surface area contributed by atoms with Gasteiger partial charge in [0.2, 0.25) is 0 Å². The molecule has 1 aliphatic heterocycles. The van der Waals surface area contributed by atoms with E-state index in [0.717, 1.165) is 6.42 Å². The fourth-order valence-corrected chi connectivity index (χ4v) is 1.49. The zero-order chi connectivity index (χ0) is 7.72. The fraction of sp³-hybridized carbons (Fsp3) is 1.00. The Hall–Kier alpha value is -0.0800. The van der Waals surface area contributed by atoms with Crippen molar-refractivity contribution < 1.29 is 9.84 Å². The number of rotatable bonds is 1. The van der Waals surface area contributed by atoms with Crippen molar-refractivity contribution in [2.45, 2.75) is 39.6 Å². The lowest BCUT2D eigenvalue weighted by Crippen LogP contribution is -2.15. The summed E-state index contributed by atoms with van der Waals surface area (Å²) in [4.78, 5) is 0. The van der Waals surface area contributed by atoms with E-state index in [1.165, 1.54) is 0 Å². The van der Waals surface area contributed by atoms with Crippen molar-refractivity contribution in [2.75, 3.05) is 0 Å². The summed E-state index contributed by atoms with van der Waals surface area (Å²) in [6.45, 7) is 6.26. The maximum Gasteiger partial charge on any atom is 0.157 e. The minimum Gasteiger partial charge on any atom is -0.368 e. The number of aliphatic hydroxyl groups excluding tert-OH is 1. The lowest BCUT2D eigenvalue weighted by atomic mass is 9.92. The van der Waals surface area contributed by atoms with Gasteiger partial charge in [0.1, 0.15) is 0 Å². The molecule has 4 atom stereocenters. The van der Waals surface area contributed by atoms with Crippen molar-refractivity contribution >= 4 is 0 Å². The van der Waals surface area contributed by atoms with Crippen molar-refractivity contribution in [1.29, 1.82) is 0 Å². The van der Waals surface area contributed by atoms with E-state index in [4.69, 9.17) is 4.74 Å². The van der Waals surface area contributed by atoms with Crippen LogP contribution < -0.4 is 0 Å². The van der Waals surface area contributed by atoms with Gasteiger partial charge < -0.3 is 9.84 Å². The average molecular weight is 144 g/mol. The molecule has 0 aromatic heterocycles. The molecule has 1 heterocycles. The first-order chi connectivity index (χ1) is 4.66. The van der Waals surface area contributed by atoms with Gasteiger partial charge in [-0.3, -0.25) is 0 Å². The second-order valence-corrected chi connectivity index (χ2v) is 3.19. The zero-order valence-corrected chi connectivity index (χ0v) is 6.87. The van der Waals surface area contributed by atoms with Crippen molar-refractivity contribution in [1.82, 2.24) is 0 Å². The maximum atomic E-state index is 9.25. The summed E-state index contributed by atoms with van der Waals surface area (Å²) in [6.07, 6.45) is 0.743. The molecule has 1 N–H and O–H groups in total. The van der Waals surface area contributed by atoms with Gasteiger partial charge in [0.05, 0.1) is 6.10 Å². The van der Waals surface area contributed by atoms with E-state index >= 15 is 0 Å². The summed E-state index contributed by atoms with van der Waals surface area (Å²) >= 11 is 0. The fourth-order valence-electron chi connectivity index (χ4n) is 1.49. The quantitative estimate of drug-likeness (QED) is 0.602. The highest BCUT2D eigenvalue weighted by molar-refractivity contribution is 4.79. The molecule has 0 radical (unpaired) electrons. The Kier molecular flexibility index (Phi) is 2.32. The first kappa shape index (κ1) is 8.02. The van der Waals surface area contributed by atoms with Gasteiger partial charge in [-0.15, -0.1) is 0 Å². The summed E-state index contributed by atoms with van der Waals surface area (Å²) in [5.74, 6) is 0.796. The van der Waals surface area contributed by atoms with Crippen molar-refractivity contribution in [3.8, 4) is 0 Å². The number of hydrogen-bond acceptors (Lipinski definition) is 2. The van der Waals surface area contributed by atoms with E-state index in [-0.39, 0.29) is 6.10 Å². The van der Waals surface area contributed by atoms with Gasteiger partial charge in [-0.05, 0) is 12.3 Å². The van der Waals surface area contributed by atoms with Crippen LogP contribution in [0.5, 0.6) is 0 Å². The van der Waals surface area contributed by atoms with Crippen molar-refractivity contribution in [3.05, 3.63) is 0 Å². The van der Waals surface area contributed by atoms with E-state index in [2.05, 4.69) is 13.8 Å². The van der Waals surface area contributed by atoms with Gasteiger partial charge >= 0.3 is 0 Å². The highest BCUT2D eigenvalue weighted by Gasteiger charge is 2.36. The largest absolute Gasteiger partial charge is 0.368 e. The van der Waals surface area contributed by atoms with Gasteiger partial charge in [0.15, 0.2) is 6.29 Å². The van der Waals surface area contributed by atoms with E-state index < -0.39 is 6.29 Å². The molecule has 1 aliphatic rings. The van der Waals surface area contributed by atoms with Crippen LogP contribution in [0.2, 0.25) is 0 Å². The molecule has 0 aromatic carbocycles. The number of hydrogen-bond donors (Lipinski definition) is 1. The Morgan fingerprint density at radius 3 is 2.10 bits per heavy atom. The Morgan fingerprint density at radius 2 is 1.90 bits per heavy atom. The third kappa shape index (κ3) is 1.18. The molecular weight excluding hydrogens is 128 g/mol. The first-order valence-electron chi connectivity index (χ1n) is 4.00. The predicted octanol–water partition coefficient (Wildman–Crippen LogP) is 1.39. The van der Waals surface area contributed by atoms with Crippen LogP contribution in [0.3, 0.4) is 0 Å². The summed E-state index contributed by atoms with van der Waals surface area (Å²) in [6, 6.07) is 0. The first-order valence-corrected chi connectivity index (χ1v) is 4.00. The molecule has 60 valence electrons. The van der Waals surface area contributed by atoms with Gasteiger partial charge in [0, 0.05) is 5.92 Å². The molecule has 2 nitrogen and oxygen atoms in total. The maximum absolute atomic E-state index is 9.25. The van der Waals surface area contributed by atoms with E-state index in [0.29, 0.717) is 11.8 Å². The van der Waals surface area contributed by atoms with Crippen LogP contribution in [-0.4, -0.2) is 17.5 Å². The van der Waals surface area contributed by atoms with Crippen molar-refractivity contribution in [3.63, 3.8) is 0 Å². The molecule has 0 bridgehead atoms. The molecule has 0 aromatic rings. The molecule has 3 unspecified atom stereocenters. The molecule has 0 aliphatic carbocycles. The standard InChI is InChI=1S/C8H16O2/c1-4-7-5(2)6(3)8(9)10-7/h5-9H,4H2,1-3H3/t5?,6?,7-,8?/m1/s1. The molecule has 0 amide bonds.